The van der Waals surface area contributed by atoms with Crippen LogP contribution in [0.25, 0.3) is 22.4 Å². The number of amides is 1. The molecule has 2 fully saturated rings. The number of imidazole rings is 1. The molecule has 3 heterocycles. The van der Waals surface area contributed by atoms with Gasteiger partial charge in [-0.1, -0.05) is 0 Å². The van der Waals surface area contributed by atoms with E-state index < -0.39 is 0 Å². The van der Waals surface area contributed by atoms with E-state index in [4.69, 9.17) is 19.2 Å². The maximum atomic E-state index is 14.1. The van der Waals surface area contributed by atoms with Crippen molar-refractivity contribution < 1.29 is 23.4 Å². The van der Waals surface area contributed by atoms with Crippen LogP contribution >= 0.6 is 0 Å². The third kappa shape index (κ3) is 4.66. The van der Waals surface area contributed by atoms with Crippen LogP contribution in [0.4, 0.5) is 4.39 Å². The quantitative estimate of drug-likeness (QED) is 0.485. The predicted octanol–water partition coefficient (Wildman–Crippen LogP) is 5.23. The summed E-state index contributed by atoms with van der Waals surface area (Å²) in [5, 5.41) is 0. The number of nitrogens with zero attached hydrogens (tertiary/aromatic N) is 3. The van der Waals surface area contributed by atoms with E-state index in [2.05, 4.69) is 18.4 Å². The number of piperidine rings is 1. The monoisotopic (exact) mass is 495 g/mol. The number of hydrogen-bond donors (Lipinski definition) is 0. The maximum absolute atomic E-state index is 14.1. The van der Waals surface area contributed by atoms with Gasteiger partial charge in [0.05, 0.1) is 30.9 Å². The standard InChI is InChI=1S/C28H34FN3O4/c1-28(2)17-19(11-14-36-28)27(33)31-12-9-21(10-13-31)32-23-7-6-20(29)16-22(23)30-26(32)18-5-8-24(34-3)25(15-18)35-4/h5-8,15-16,19,21H,9-14,17H2,1-4H3. The predicted molar refractivity (Wildman–Crippen MR) is 136 cm³/mol. The molecule has 2 aliphatic heterocycles. The minimum atomic E-state index is -0.314. The molecule has 1 atom stereocenters. The molecule has 192 valence electrons. The van der Waals surface area contributed by atoms with E-state index >= 15 is 0 Å². The van der Waals surface area contributed by atoms with E-state index in [1.54, 1.807) is 20.3 Å². The minimum Gasteiger partial charge on any atom is -0.493 e. The molecule has 3 aromatic rings. The first-order valence-electron chi connectivity index (χ1n) is 12.6. The molecule has 0 radical (unpaired) electrons. The molecule has 0 spiro atoms. The highest BCUT2D eigenvalue weighted by atomic mass is 19.1. The number of carbonyl (C=O) groups excluding carboxylic acids is 1. The molecule has 2 aliphatic rings. The third-order valence-corrected chi connectivity index (χ3v) is 7.48. The van der Waals surface area contributed by atoms with Crippen molar-refractivity contribution in [1.29, 1.82) is 0 Å². The summed E-state index contributed by atoms with van der Waals surface area (Å²) >= 11 is 0. The number of ether oxygens (including phenoxy) is 3. The number of rotatable bonds is 5. The normalized spacial score (nSPS) is 20.5. The Bertz CT molecular complexity index is 1260. The van der Waals surface area contributed by atoms with Crippen molar-refractivity contribution in [2.45, 2.75) is 51.2 Å². The van der Waals surface area contributed by atoms with Crippen molar-refractivity contribution in [2.24, 2.45) is 5.92 Å². The highest BCUT2D eigenvalue weighted by Crippen LogP contribution is 2.38. The largest absolute Gasteiger partial charge is 0.493 e. The van der Waals surface area contributed by atoms with Crippen LogP contribution in [0.5, 0.6) is 11.5 Å². The molecule has 0 bridgehead atoms. The molecule has 1 aromatic heterocycles. The Morgan fingerprint density at radius 2 is 1.81 bits per heavy atom. The minimum absolute atomic E-state index is 0.0182. The van der Waals surface area contributed by atoms with Crippen LogP contribution in [0.2, 0.25) is 0 Å². The number of methoxy groups -OCH3 is 2. The average Bonchev–Trinajstić information content (AvgIpc) is 3.25. The van der Waals surface area contributed by atoms with Gasteiger partial charge in [-0.15, -0.1) is 0 Å². The Morgan fingerprint density at radius 3 is 2.50 bits per heavy atom. The van der Waals surface area contributed by atoms with E-state index in [-0.39, 0.29) is 29.3 Å². The Kier molecular flexibility index (Phi) is 6.64. The number of hydrogen-bond acceptors (Lipinski definition) is 5. The molecule has 36 heavy (non-hydrogen) atoms. The smallest absolute Gasteiger partial charge is 0.225 e. The lowest BCUT2D eigenvalue weighted by molar-refractivity contribution is -0.146. The zero-order valence-electron chi connectivity index (χ0n) is 21.4. The topological polar surface area (TPSA) is 65.8 Å². The van der Waals surface area contributed by atoms with Gasteiger partial charge in [-0.25, -0.2) is 9.37 Å². The molecule has 8 heteroatoms. The highest BCUT2D eigenvalue weighted by molar-refractivity contribution is 5.82. The van der Waals surface area contributed by atoms with Gasteiger partial charge in [0.15, 0.2) is 11.5 Å². The van der Waals surface area contributed by atoms with Gasteiger partial charge in [0.1, 0.15) is 11.6 Å². The zero-order valence-corrected chi connectivity index (χ0v) is 21.4. The molecule has 7 nitrogen and oxygen atoms in total. The lowest BCUT2D eigenvalue weighted by Gasteiger charge is -2.39. The maximum Gasteiger partial charge on any atom is 0.225 e. The third-order valence-electron chi connectivity index (χ3n) is 7.48. The Hall–Kier alpha value is -3.13. The van der Waals surface area contributed by atoms with Crippen LogP contribution in [0.3, 0.4) is 0 Å². The molecular weight excluding hydrogens is 461 g/mol. The van der Waals surface area contributed by atoms with Gasteiger partial charge >= 0.3 is 0 Å². The van der Waals surface area contributed by atoms with Gasteiger partial charge in [0.2, 0.25) is 5.91 Å². The van der Waals surface area contributed by atoms with Gasteiger partial charge in [0, 0.05) is 43.3 Å². The van der Waals surface area contributed by atoms with E-state index in [0.717, 1.165) is 42.6 Å². The second kappa shape index (κ2) is 9.73. The average molecular weight is 496 g/mol. The number of aromatic nitrogens is 2. The summed E-state index contributed by atoms with van der Waals surface area (Å²) in [6.07, 6.45) is 3.15. The summed E-state index contributed by atoms with van der Waals surface area (Å²) < 4.78 is 33.0. The van der Waals surface area contributed by atoms with Crippen molar-refractivity contribution in [3.8, 4) is 22.9 Å². The van der Waals surface area contributed by atoms with Crippen molar-refractivity contribution >= 4 is 16.9 Å². The van der Waals surface area contributed by atoms with E-state index in [1.807, 2.05) is 23.1 Å². The molecular formula is C28H34FN3O4. The number of likely N-dealkylation sites (tertiary alicyclic amines) is 1. The highest BCUT2D eigenvalue weighted by Gasteiger charge is 2.36. The fourth-order valence-electron chi connectivity index (χ4n) is 5.67. The summed E-state index contributed by atoms with van der Waals surface area (Å²) in [5.41, 5.74) is 2.11. The molecule has 1 amide bonds. The second-order valence-electron chi connectivity index (χ2n) is 10.4. The van der Waals surface area contributed by atoms with Crippen LogP contribution in [-0.2, 0) is 9.53 Å². The Labute approximate surface area is 211 Å². The summed E-state index contributed by atoms with van der Waals surface area (Å²) in [5.74, 6) is 1.95. The van der Waals surface area contributed by atoms with Crippen LogP contribution in [0, 0.1) is 11.7 Å². The Balaban J connectivity index is 1.43. The SMILES string of the molecule is COc1ccc(-c2nc3cc(F)ccc3n2C2CCN(C(=O)C3CCOC(C)(C)C3)CC2)cc1OC. The molecule has 0 aliphatic carbocycles. The van der Waals surface area contributed by atoms with Crippen molar-refractivity contribution in [2.75, 3.05) is 33.9 Å². The first kappa shape index (κ1) is 24.6. The molecule has 2 aromatic carbocycles. The molecule has 0 saturated carbocycles. The number of halogens is 1. The van der Waals surface area contributed by atoms with Crippen molar-refractivity contribution in [3.05, 3.63) is 42.2 Å². The summed E-state index contributed by atoms with van der Waals surface area (Å²) in [6, 6.07) is 10.6. The summed E-state index contributed by atoms with van der Waals surface area (Å²) in [6.45, 7) is 6.12. The van der Waals surface area contributed by atoms with Crippen molar-refractivity contribution in [1.82, 2.24) is 14.5 Å². The van der Waals surface area contributed by atoms with Crippen LogP contribution in [0.1, 0.15) is 45.6 Å². The lowest BCUT2D eigenvalue weighted by Crippen LogP contribution is -2.46. The number of carbonyl (C=O) groups is 1. The van der Waals surface area contributed by atoms with Gasteiger partial charge in [-0.2, -0.15) is 0 Å². The van der Waals surface area contributed by atoms with Gasteiger partial charge in [-0.05, 0) is 69.9 Å². The molecule has 2 saturated heterocycles. The van der Waals surface area contributed by atoms with Gasteiger partial charge < -0.3 is 23.7 Å². The van der Waals surface area contributed by atoms with E-state index in [0.29, 0.717) is 36.7 Å². The molecule has 5 rings (SSSR count). The summed E-state index contributed by atoms with van der Waals surface area (Å²) in [4.78, 5) is 20.1. The van der Waals surface area contributed by atoms with Crippen LogP contribution in [0.15, 0.2) is 36.4 Å². The van der Waals surface area contributed by atoms with Crippen LogP contribution in [-0.4, -0.2) is 59.9 Å². The van der Waals surface area contributed by atoms with Gasteiger partial charge in [0.25, 0.3) is 0 Å². The fourth-order valence-corrected chi connectivity index (χ4v) is 5.67. The number of benzene rings is 2. The number of fused-ring (bicyclic) bond motifs is 1. The molecule has 1 unspecified atom stereocenters. The van der Waals surface area contributed by atoms with Gasteiger partial charge in [-0.3, -0.25) is 4.79 Å². The fraction of sp³-hybridized carbons (Fsp3) is 0.500. The lowest BCUT2D eigenvalue weighted by atomic mass is 9.87. The summed E-state index contributed by atoms with van der Waals surface area (Å²) in [7, 11) is 3.21. The van der Waals surface area contributed by atoms with E-state index in [1.165, 1.54) is 12.1 Å². The molecule has 0 N–H and O–H groups in total. The zero-order chi connectivity index (χ0) is 25.4. The first-order valence-corrected chi connectivity index (χ1v) is 12.6. The second-order valence-corrected chi connectivity index (χ2v) is 10.4. The van der Waals surface area contributed by atoms with E-state index in [9.17, 15) is 9.18 Å². The Morgan fingerprint density at radius 1 is 1.06 bits per heavy atom. The van der Waals surface area contributed by atoms with Crippen LogP contribution < -0.4 is 9.47 Å². The first-order chi connectivity index (χ1) is 17.3. The van der Waals surface area contributed by atoms with Crippen molar-refractivity contribution in [3.63, 3.8) is 0 Å².